The highest BCUT2D eigenvalue weighted by Crippen LogP contribution is 2.13. The van der Waals surface area contributed by atoms with Crippen molar-refractivity contribution in [2.75, 3.05) is 12.0 Å². The molecule has 0 aliphatic heterocycles. The maximum absolute atomic E-state index is 13.3. The number of phenols is 1. The van der Waals surface area contributed by atoms with Gasteiger partial charge in [0.25, 0.3) is 0 Å². The third-order valence-electron chi connectivity index (χ3n) is 5.58. The van der Waals surface area contributed by atoms with Crippen LogP contribution in [0.3, 0.4) is 0 Å². The van der Waals surface area contributed by atoms with E-state index < -0.39 is 53.8 Å². The fourth-order valence-corrected chi connectivity index (χ4v) is 3.98. The van der Waals surface area contributed by atoms with Crippen LogP contribution in [0.1, 0.15) is 45.1 Å². The Morgan fingerprint density at radius 1 is 0.868 bits per heavy atom. The number of carbonyl (C=O) groups is 5. The zero-order valence-corrected chi connectivity index (χ0v) is 22.6. The Hall–Kier alpha value is -3.32. The minimum Gasteiger partial charge on any atom is -0.508 e. The number of aliphatic carboxylic acids is 2. The van der Waals surface area contributed by atoms with E-state index in [1.807, 2.05) is 20.1 Å². The molecule has 0 aliphatic rings. The van der Waals surface area contributed by atoms with E-state index in [0.717, 1.165) is 0 Å². The number of rotatable bonds is 17. The van der Waals surface area contributed by atoms with Gasteiger partial charge in [-0.05, 0) is 54.9 Å². The second kappa shape index (κ2) is 16.5. The summed E-state index contributed by atoms with van der Waals surface area (Å²) in [6.45, 7) is 3.65. The van der Waals surface area contributed by atoms with Crippen LogP contribution in [0.15, 0.2) is 24.3 Å². The first-order valence-electron chi connectivity index (χ1n) is 12.2. The van der Waals surface area contributed by atoms with Crippen molar-refractivity contribution in [2.45, 2.75) is 70.1 Å². The van der Waals surface area contributed by atoms with Gasteiger partial charge in [-0.2, -0.15) is 11.8 Å². The van der Waals surface area contributed by atoms with Gasteiger partial charge in [0.05, 0.1) is 6.04 Å². The van der Waals surface area contributed by atoms with Crippen LogP contribution in [0.4, 0.5) is 0 Å². The van der Waals surface area contributed by atoms with Crippen molar-refractivity contribution < 1.29 is 39.3 Å². The summed E-state index contributed by atoms with van der Waals surface area (Å²) in [5, 5.41) is 35.5. The van der Waals surface area contributed by atoms with Crippen molar-refractivity contribution >= 4 is 41.4 Å². The lowest BCUT2D eigenvalue weighted by Gasteiger charge is -2.25. The second-order valence-corrected chi connectivity index (χ2v) is 10.3. The molecule has 0 radical (unpaired) electrons. The molecule has 1 rings (SSSR count). The SMILES string of the molecule is CSCCC(NC(=O)C(Cc1ccc(O)cc1)NC(=O)C(N)CCC(=O)O)C(=O)NC(CC(C)C)C(=O)O. The fourth-order valence-electron chi connectivity index (χ4n) is 3.51. The van der Waals surface area contributed by atoms with Crippen molar-refractivity contribution in [1.29, 1.82) is 0 Å². The summed E-state index contributed by atoms with van der Waals surface area (Å²) in [4.78, 5) is 61.4. The van der Waals surface area contributed by atoms with Gasteiger partial charge >= 0.3 is 11.9 Å². The van der Waals surface area contributed by atoms with Crippen LogP contribution in [-0.4, -0.2) is 81.2 Å². The van der Waals surface area contributed by atoms with Gasteiger partial charge in [-0.25, -0.2) is 4.79 Å². The molecule has 212 valence electrons. The van der Waals surface area contributed by atoms with E-state index in [9.17, 15) is 34.2 Å². The molecule has 0 bridgehead atoms. The molecule has 0 aliphatic carbocycles. The highest BCUT2D eigenvalue weighted by atomic mass is 32.2. The number of aromatic hydroxyl groups is 1. The summed E-state index contributed by atoms with van der Waals surface area (Å²) in [5.41, 5.74) is 6.40. The van der Waals surface area contributed by atoms with Gasteiger partial charge in [0.1, 0.15) is 23.9 Å². The molecule has 0 fully saturated rings. The predicted molar refractivity (Wildman–Crippen MR) is 143 cm³/mol. The highest BCUT2D eigenvalue weighted by molar-refractivity contribution is 7.98. The molecule has 3 amide bonds. The normalized spacial score (nSPS) is 14.1. The van der Waals surface area contributed by atoms with Crippen molar-refractivity contribution in [1.82, 2.24) is 16.0 Å². The molecule has 0 aromatic heterocycles. The maximum Gasteiger partial charge on any atom is 0.326 e. The lowest BCUT2D eigenvalue weighted by molar-refractivity contribution is -0.143. The first-order chi connectivity index (χ1) is 17.8. The number of benzene rings is 1. The number of carbonyl (C=O) groups excluding carboxylic acids is 3. The molecule has 1 aromatic rings. The van der Waals surface area contributed by atoms with Crippen LogP contribution < -0.4 is 21.7 Å². The third kappa shape index (κ3) is 12.3. The molecular weight excluding hydrogens is 516 g/mol. The van der Waals surface area contributed by atoms with E-state index >= 15 is 0 Å². The summed E-state index contributed by atoms with van der Waals surface area (Å²) in [6.07, 6.45) is 1.76. The molecule has 0 heterocycles. The summed E-state index contributed by atoms with van der Waals surface area (Å²) in [7, 11) is 0. The number of amides is 3. The summed E-state index contributed by atoms with van der Waals surface area (Å²) >= 11 is 1.44. The Morgan fingerprint density at radius 2 is 1.42 bits per heavy atom. The highest BCUT2D eigenvalue weighted by Gasteiger charge is 2.30. The summed E-state index contributed by atoms with van der Waals surface area (Å²) in [5.74, 6) is -3.89. The average molecular weight is 555 g/mol. The van der Waals surface area contributed by atoms with E-state index in [4.69, 9.17) is 10.8 Å². The Morgan fingerprint density at radius 3 is 1.95 bits per heavy atom. The Balaban J connectivity index is 3.11. The molecular formula is C25H38N4O8S. The number of carboxylic acids is 2. The number of nitrogens with one attached hydrogen (secondary N) is 3. The largest absolute Gasteiger partial charge is 0.508 e. The number of hydrogen-bond acceptors (Lipinski definition) is 8. The van der Waals surface area contributed by atoms with Crippen molar-refractivity contribution in [3.8, 4) is 5.75 Å². The first-order valence-corrected chi connectivity index (χ1v) is 13.6. The standard InChI is InChI=1S/C25H38N4O8S/c1-14(2)12-20(25(36)37)29-23(34)18(10-11-38-3)27-24(35)19(13-15-4-6-16(30)7-5-15)28-22(33)17(26)8-9-21(31)32/h4-7,14,17-20,30H,8-13,26H2,1-3H3,(H,27,35)(H,28,33)(H,29,34)(H,31,32)(H,36,37). The monoisotopic (exact) mass is 554 g/mol. The Kier molecular flexibility index (Phi) is 14.2. The number of thioether (sulfide) groups is 1. The quantitative estimate of drug-likeness (QED) is 0.141. The van der Waals surface area contributed by atoms with Crippen LogP contribution in [-0.2, 0) is 30.4 Å². The fraction of sp³-hybridized carbons (Fsp3) is 0.560. The zero-order valence-electron chi connectivity index (χ0n) is 21.8. The average Bonchev–Trinajstić information content (AvgIpc) is 2.84. The van der Waals surface area contributed by atoms with Crippen LogP contribution in [0.5, 0.6) is 5.75 Å². The van der Waals surface area contributed by atoms with Crippen molar-refractivity contribution in [2.24, 2.45) is 11.7 Å². The van der Waals surface area contributed by atoms with Gasteiger partial charge in [0.15, 0.2) is 0 Å². The molecule has 0 saturated heterocycles. The van der Waals surface area contributed by atoms with Crippen LogP contribution >= 0.6 is 11.8 Å². The lowest BCUT2D eigenvalue weighted by Crippen LogP contribution is -2.57. The molecule has 4 unspecified atom stereocenters. The first kappa shape index (κ1) is 32.7. The van der Waals surface area contributed by atoms with Gasteiger partial charge < -0.3 is 37.0 Å². The van der Waals surface area contributed by atoms with Crippen molar-refractivity contribution in [3.05, 3.63) is 29.8 Å². The molecule has 0 spiro atoms. The molecule has 8 N–H and O–H groups in total. The van der Waals surface area contributed by atoms with E-state index in [1.54, 1.807) is 12.1 Å². The third-order valence-corrected chi connectivity index (χ3v) is 6.22. The summed E-state index contributed by atoms with van der Waals surface area (Å²) < 4.78 is 0. The van der Waals surface area contributed by atoms with E-state index in [1.165, 1.54) is 23.9 Å². The number of carboxylic acid groups (broad SMARTS) is 2. The van der Waals surface area contributed by atoms with Crippen molar-refractivity contribution in [3.63, 3.8) is 0 Å². The molecule has 1 aromatic carbocycles. The van der Waals surface area contributed by atoms with Gasteiger partial charge in [-0.3, -0.25) is 19.2 Å². The second-order valence-electron chi connectivity index (χ2n) is 9.34. The summed E-state index contributed by atoms with van der Waals surface area (Å²) in [6, 6.07) is 1.41. The van der Waals surface area contributed by atoms with Gasteiger partial charge in [-0.1, -0.05) is 26.0 Å². The van der Waals surface area contributed by atoms with Gasteiger partial charge in [0.2, 0.25) is 17.7 Å². The van der Waals surface area contributed by atoms with Crippen LogP contribution in [0, 0.1) is 5.92 Å². The van der Waals surface area contributed by atoms with E-state index in [2.05, 4.69) is 16.0 Å². The van der Waals surface area contributed by atoms with Crippen LogP contribution in [0.2, 0.25) is 0 Å². The number of nitrogens with two attached hydrogens (primary N) is 1. The number of phenolic OH excluding ortho intramolecular Hbond substituents is 1. The topological polar surface area (TPSA) is 208 Å². The van der Waals surface area contributed by atoms with Crippen LogP contribution in [0.25, 0.3) is 0 Å². The van der Waals surface area contributed by atoms with Gasteiger partial charge in [-0.15, -0.1) is 0 Å². The maximum atomic E-state index is 13.3. The molecule has 0 saturated carbocycles. The molecule has 12 nitrogen and oxygen atoms in total. The molecule has 4 atom stereocenters. The minimum atomic E-state index is -1.19. The Bertz CT molecular complexity index is 957. The Labute approximate surface area is 226 Å². The predicted octanol–water partition coefficient (Wildman–Crippen LogP) is 0.465. The molecule has 13 heteroatoms. The minimum absolute atomic E-state index is 0.00544. The smallest absolute Gasteiger partial charge is 0.326 e. The zero-order chi connectivity index (χ0) is 28.8. The lowest BCUT2D eigenvalue weighted by atomic mass is 10.0. The van der Waals surface area contributed by atoms with E-state index in [-0.39, 0.29) is 43.8 Å². The van der Waals surface area contributed by atoms with E-state index in [0.29, 0.717) is 11.3 Å². The van der Waals surface area contributed by atoms with Gasteiger partial charge in [0, 0.05) is 12.8 Å². The number of hydrogen-bond donors (Lipinski definition) is 7. The molecule has 38 heavy (non-hydrogen) atoms.